The van der Waals surface area contributed by atoms with Gasteiger partial charge in [0.05, 0.1) is 7.11 Å². The number of rotatable bonds is 3. The molecule has 2 aliphatic rings. The monoisotopic (exact) mass is 294 g/mol. The Morgan fingerprint density at radius 1 is 1.40 bits per heavy atom. The van der Waals surface area contributed by atoms with Gasteiger partial charge in [0.25, 0.3) is 5.91 Å². The van der Waals surface area contributed by atoms with Crippen LogP contribution >= 0.6 is 11.3 Å². The molecule has 110 valence electrons. The van der Waals surface area contributed by atoms with Crippen LogP contribution in [0.4, 0.5) is 0 Å². The summed E-state index contributed by atoms with van der Waals surface area (Å²) in [5.41, 5.74) is 0. The number of carbonyl (C=O) groups excluding carboxylic acids is 1. The summed E-state index contributed by atoms with van der Waals surface area (Å²) < 4.78 is 5.25. The van der Waals surface area contributed by atoms with Crippen LogP contribution in [-0.4, -0.2) is 43.6 Å². The molecule has 1 aromatic heterocycles. The number of ether oxygens (including phenoxy) is 1. The Kier molecular flexibility index (Phi) is 4.27. The third-order valence-corrected chi connectivity index (χ3v) is 5.42. The van der Waals surface area contributed by atoms with E-state index in [1.807, 2.05) is 16.3 Å². The highest BCUT2D eigenvalue weighted by molar-refractivity contribution is 7.12. The van der Waals surface area contributed by atoms with Crippen molar-refractivity contribution in [3.05, 3.63) is 16.3 Å². The molecule has 20 heavy (non-hydrogen) atoms. The summed E-state index contributed by atoms with van der Waals surface area (Å²) in [6, 6.07) is 2.55. The molecular weight excluding hydrogens is 272 g/mol. The number of hydrogen-bond acceptors (Lipinski definition) is 4. The van der Waals surface area contributed by atoms with E-state index in [-0.39, 0.29) is 5.91 Å². The summed E-state index contributed by atoms with van der Waals surface area (Å²) in [5.74, 6) is 1.58. The van der Waals surface area contributed by atoms with Gasteiger partial charge in [-0.3, -0.25) is 4.79 Å². The van der Waals surface area contributed by atoms with E-state index in [9.17, 15) is 4.79 Å². The van der Waals surface area contributed by atoms with Gasteiger partial charge in [-0.15, -0.1) is 11.3 Å². The van der Waals surface area contributed by atoms with Gasteiger partial charge in [-0.1, -0.05) is 0 Å². The fraction of sp³-hybridized carbons (Fsp3) is 0.667. The van der Waals surface area contributed by atoms with Crippen molar-refractivity contribution in [3.8, 4) is 5.75 Å². The summed E-state index contributed by atoms with van der Waals surface area (Å²) in [5, 5.41) is 5.51. The predicted molar refractivity (Wildman–Crippen MR) is 80.5 cm³/mol. The van der Waals surface area contributed by atoms with Gasteiger partial charge in [-0.2, -0.15) is 0 Å². The minimum Gasteiger partial charge on any atom is -0.495 e. The molecule has 0 bridgehead atoms. The number of piperidine rings is 1. The highest BCUT2D eigenvalue weighted by Gasteiger charge is 2.31. The molecule has 2 saturated heterocycles. The molecule has 1 N–H and O–H groups in total. The third kappa shape index (κ3) is 2.69. The van der Waals surface area contributed by atoms with Gasteiger partial charge in [0.15, 0.2) is 0 Å². The standard InChI is InChI=1S/C15H22N2O2S/c1-19-13-6-10-20-14(13)15(18)17-8-4-11(5-9-17)12-3-2-7-16-12/h6,10-12,16H,2-5,7-9H2,1H3. The second-order valence-electron chi connectivity index (χ2n) is 5.65. The summed E-state index contributed by atoms with van der Waals surface area (Å²) in [7, 11) is 1.62. The number of thiophene rings is 1. The Bertz CT molecular complexity index is 460. The van der Waals surface area contributed by atoms with E-state index in [1.165, 1.54) is 24.2 Å². The molecule has 1 unspecified atom stereocenters. The number of nitrogens with one attached hydrogen (secondary N) is 1. The van der Waals surface area contributed by atoms with E-state index in [4.69, 9.17) is 4.74 Å². The first-order valence-corrected chi connectivity index (χ1v) is 8.31. The van der Waals surface area contributed by atoms with Crippen molar-refractivity contribution in [2.24, 2.45) is 5.92 Å². The SMILES string of the molecule is COc1ccsc1C(=O)N1CCC(C2CCCN2)CC1. The molecule has 2 fully saturated rings. The van der Waals surface area contributed by atoms with E-state index in [0.29, 0.717) is 11.8 Å². The van der Waals surface area contributed by atoms with Gasteiger partial charge in [-0.05, 0) is 49.6 Å². The van der Waals surface area contributed by atoms with Crippen LogP contribution in [0.25, 0.3) is 0 Å². The van der Waals surface area contributed by atoms with Crippen LogP contribution in [0.1, 0.15) is 35.4 Å². The first-order valence-electron chi connectivity index (χ1n) is 7.43. The number of hydrogen-bond donors (Lipinski definition) is 1. The maximum absolute atomic E-state index is 12.5. The number of likely N-dealkylation sites (tertiary alicyclic amines) is 1. The first kappa shape index (κ1) is 13.9. The Morgan fingerprint density at radius 3 is 2.85 bits per heavy atom. The van der Waals surface area contributed by atoms with Crippen LogP contribution in [0.5, 0.6) is 5.75 Å². The zero-order valence-electron chi connectivity index (χ0n) is 11.9. The number of amides is 1. The molecule has 1 atom stereocenters. The molecule has 2 aliphatic heterocycles. The predicted octanol–water partition coefficient (Wildman–Crippen LogP) is 2.36. The van der Waals surface area contributed by atoms with Gasteiger partial charge < -0.3 is 15.0 Å². The van der Waals surface area contributed by atoms with Crippen LogP contribution in [0.3, 0.4) is 0 Å². The van der Waals surface area contributed by atoms with Crippen molar-refractivity contribution in [1.29, 1.82) is 0 Å². The molecule has 1 aromatic rings. The molecule has 3 heterocycles. The van der Waals surface area contributed by atoms with Crippen LogP contribution in [0, 0.1) is 5.92 Å². The lowest BCUT2D eigenvalue weighted by Crippen LogP contribution is -2.43. The molecule has 0 saturated carbocycles. The van der Waals surface area contributed by atoms with Gasteiger partial charge in [-0.25, -0.2) is 0 Å². The van der Waals surface area contributed by atoms with Crippen LogP contribution in [0.2, 0.25) is 0 Å². The smallest absolute Gasteiger partial charge is 0.267 e. The molecular formula is C15H22N2O2S. The van der Waals surface area contributed by atoms with E-state index in [0.717, 1.165) is 43.3 Å². The van der Waals surface area contributed by atoms with E-state index >= 15 is 0 Å². The normalized spacial score (nSPS) is 24.1. The minimum atomic E-state index is 0.134. The summed E-state index contributed by atoms with van der Waals surface area (Å²) >= 11 is 1.47. The largest absolute Gasteiger partial charge is 0.495 e. The molecule has 3 rings (SSSR count). The third-order valence-electron chi connectivity index (χ3n) is 4.54. The fourth-order valence-corrected chi connectivity index (χ4v) is 4.20. The lowest BCUT2D eigenvalue weighted by Gasteiger charge is -2.34. The summed E-state index contributed by atoms with van der Waals surface area (Å²) in [4.78, 5) is 15.2. The van der Waals surface area contributed by atoms with Crippen molar-refractivity contribution in [3.63, 3.8) is 0 Å². The molecule has 1 amide bonds. The lowest BCUT2D eigenvalue weighted by molar-refractivity contribution is 0.0676. The summed E-state index contributed by atoms with van der Waals surface area (Å²) in [6.45, 7) is 2.92. The quantitative estimate of drug-likeness (QED) is 0.930. The topological polar surface area (TPSA) is 41.6 Å². The zero-order chi connectivity index (χ0) is 13.9. The zero-order valence-corrected chi connectivity index (χ0v) is 12.7. The molecule has 0 radical (unpaired) electrons. The van der Waals surface area contributed by atoms with Crippen LogP contribution in [-0.2, 0) is 0 Å². The van der Waals surface area contributed by atoms with Crippen molar-refractivity contribution in [2.45, 2.75) is 31.7 Å². The lowest BCUT2D eigenvalue weighted by atomic mass is 9.88. The number of nitrogens with zero attached hydrogens (tertiary/aromatic N) is 1. The molecule has 5 heteroatoms. The van der Waals surface area contributed by atoms with Crippen molar-refractivity contribution >= 4 is 17.2 Å². The minimum absolute atomic E-state index is 0.134. The van der Waals surface area contributed by atoms with Crippen molar-refractivity contribution < 1.29 is 9.53 Å². The maximum Gasteiger partial charge on any atom is 0.267 e. The highest BCUT2D eigenvalue weighted by Crippen LogP contribution is 2.30. The summed E-state index contributed by atoms with van der Waals surface area (Å²) in [6.07, 6.45) is 4.85. The average Bonchev–Trinajstić information content (AvgIpc) is 3.17. The van der Waals surface area contributed by atoms with Crippen molar-refractivity contribution in [2.75, 3.05) is 26.7 Å². The van der Waals surface area contributed by atoms with Crippen LogP contribution < -0.4 is 10.1 Å². The highest BCUT2D eigenvalue weighted by atomic mass is 32.1. The Balaban J connectivity index is 1.59. The van der Waals surface area contributed by atoms with Gasteiger partial charge >= 0.3 is 0 Å². The fourth-order valence-electron chi connectivity index (χ4n) is 3.38. The van der Waals surface area contributed by atoms with Gasteiger partial charge in [0.1, 0.15) is 10.6 Å². The molecule has 0 spiro atoms. The first-order chi connectivity index (χ1) is 9.79. The number of carbonyl (C=O) groups is 1. The van der Waals surface area contributed by atoms with E-state index in [2.05, 4.69) is 5.32 Å². The van der Waals surface area contributed by atoms with E-state index in [1.54, 1.807) is 7.11 Å². The Labute approximate surface area is 124 Å². The average molecular weight is 294 g/mol. The Hall–Kier alpha value is -1.07. The van der Waals surface area contributed by atoms with Gasteiger partial charge in [0, 0.05) is 19.1 Å². The number of methoxy groups -OCH3 is 1. The molecule has 0 aliphatic carbocycles. The molecule has 4 nitrogen and oxygen atoms in total. The van der Waals surface area contributed by atoms with Crippen molar-refractivity contribution in [1.82, 2.24) is 10.2 Å². The Morgan fingerprint density at radius 2 is 2.20 bits per heavy atom. The molecule has 0 aromatic carbocycles. The van der Waals surface area contributed by atoms with E-state index < -0.39 is 0 Å². The maximum atomic E-state index is 12.5. The second-order valence-corrected chi connectivity index (χ2v) is 6.57. The van der Waals surface area contributed by atoms with Gasteiger partial charge in [0.2, 0.25) is 0 Å². The second kappa shape index (κ2) is 6.14. The van der Waals surface area contributed by atoms with Crippen LogP contribution in [0.15, 0.2) is 11.4 Å².